The predicted octanol–water partition coefficient (Wildman–Crippen LogP) is 5.79. The zero-order chi connectivity index (χ0) is 42.9. The van der Waals surface area contributed by atoms with Gasteiger partial charge >= 0.3 is 5.97 Å². The molecule has 0 unspecified atom stereocenters. The van der Waals surface area contributed by atoms with Crippen molar-refractivity contribution in [2.75, 3.05) is 19.7 Å². The Hall–Kier alpha value is -6.73. The summed E-state index contributed by atoms with van der Waals surface area (Å²) < 4.78 is 11.7. The standard InChI is InChI=1S/C47H54N6O7/c1-2-13-38(46(58)60-29-31-14-4-3-5-15-31)53-45(57)34(18-12-27-51-47(49)50)28-40(55)37(21-10-11-26-48)52-42(56)30-59-41-25-23-33-17-7-9-20-36(33)44(41)43-35-19-8-6-16-32(35)22-24-39(43)54/h2-9,14-17,19-20,22-25,34,37-38,54H,1,10-13,18,21,26-30,48H2,(H,52,56)(H,53,57)(H4,49,50,51)/t34-,37+,38-/m0/s1. The molecule has 314 valence electrons. The molecule has 0 aliphatic rings. The SMILES string of the molecule is C=CC[C@H](NC(=O)[C@@H](CCCN=C(N)N)CC(=O)[C@@H](CCCCN)NC(=O)COc1ccc2ccccc2c1-c1c(O)ccc2ccccc12)C(=O)OCc1ccccc1. The van der Waals surface area contributed by atoms with Gasteiger partial charge in [-0.3, -0.25) is 19.4 Å². The fourth-order valence-corrected chi connectivity index (χ4v) is 7.09. The van der Waals surface area contributed by atoms with Gasteiger partial charge in [0.05, 0.1) is 6.04 Å². The van der Waals surface area contributed by atoms with Gasteiger partial charge in [0.1, 0.15) is 24.1 Å². The summed E-state index contributed by atoms with van der Waals surface area (Å²) in [6, 6.07) is 29.7. The van der Waals surface area contributed by atoms with E-state index in [0.717, 1.165) is 27.1 Å². The lowest BCUT2D eigenvalue weighted by Crippen LogP contribution is -2.47. The van der Waals surface area contributed by atoms with Crippen LogP contribution in [0.1, 0.15) is 50.5 Å². The van der Waals surface area contributed by atoms with Crippen molar-refractivity contribution in [3.8, 4) is 22.6 Å². The first-order valence-electron chi connectivity index (χ1n) is 20.1. The Morgan fingerprint density at radius 2 is 1.43 bits per heavy atom. The number of hydrogen-bond acceptors (Lipinski definition) is 9. The van der Waals surface area contributed by atoms with Gasteiger partial charge in [-0.25, -0.2) is 4.79 Å². The van der Waals surface area contributed by atoms with Crippen LogP contribution in [0.2, 0.25) is 0 Å². The number of nitrogens with one attached hydrogen (secondary N) is 2. The van der Waals surface area contributed by atoms with Crippen LogP contribution in [-0.4, -0.2) is 66.4 Å². The fourth-order valence-electron chi connectivity index (χ4n) is 7.09. The number of unbranched alkanes of at least 4 members (excludes halogenated alkanes) is 1. The number of rotatable bonds is 23. The number of guanidine groups is 1. The average Bonchev–Trinajstić information content (AvgIpc) is 3.25. The van der Waals surface area contributed by atoms with Crippen LogP contribution in [0.15, 0.2) is 121 Å². The van der Waals surface area contributed by atoms with E-state index in [9.17, 15) is 24.3 Å². The Morgan fingerprint density at radius 1 is 0.767 bits per heavy atom. The molecule has 0 saturated carbocycles. The second kappa shape index (κ2) is 22.4. The van der Waals surface area contributed by atoms with Crippen molar-refractivity contribution in [2.45, 2.75) is 63.6 Å². The molecule has 0 heterocycles. The van der Waals surface area contributed by atoms with Crippen LogP contribution >= 0.6 is 0 Å². The number of hydrogen-bond donors (Lipinski definition) is 6. The minimum Gasteiger partial charge on any atom is -0.507 e. The van der Waals surface area contributed by atoms with Gasteiger partial charge in [0.2, 0.25) is 5.91 Å². The summed E-state index contributed by atoms with van der Waals surface area (Å²) in [5.41, 5.74) is 18.8. The van der Waals surface area contributed by atoms with Gasteiger partial charge in [0.15, 0.2) is 18.3 Å². The molecular weight excluding hydrogens is 761 g/mol. The Morgan fingerprint density at radius 3 is 2.12 bits per heavy atom. The highest BCUT2D eigenvalue weighted by Crippen LogP contribution is 2.45. The normalized spacial score (nSPS) is 12.5. The van der Waals surface area contributed by atoms with E-state index in [2.05, 4.69) is 22.2 Å². The van der Waals surface area contributed by atoms with Crippen molar-refractivity contribution in [3.05, 3.63) is 121 Å². The number of Topliss-reactive ketones (excluding diaryl/α,β-unsaturated/α-hetero) is 1. The van der Waals surface area contributed by atoms with Crippen molar-refractivity contribution in [1.82, 2.24) is 10.6 Å². The molecule has 0 aromatic heterocycles. The van der Waals surface area contributed by atoms with Crippen LogP contribution < -0.4 is 32.6 Å². The molecule has 5 aromatic rings. The highest BCUT2D eigenvalue weighted by atomic mass is 16.5. The average molecular weight is 815 g/mol. The molecule has 0 saturated heterocycles. The maximum Gasteiger partial charge on any atom is 0.329 e. The van der Waals surface area contributed by atoms with Crippen molar-refractivity contribution in [2.24, 2.45) is 28.1 Å². The number of benzene rings is 5. The summed E-state index contributed by atoms with van der Waals surface area (Å²) in [6.07, 6.45) is 3.38. The van der Waals surface area contributed by atoms with E-state index in [1.165, 1.54) is 6.08 Å². The molecule has 0 bridgehead atoms. The molecule has 0 spiro atoms. The number of ether oxygens (including phenoxy) is 2. The first-order valence-corrected chi connectivity index (χ1v) is 20.1. The molecular formula is C47H54N6O7. The van der Waals surface area contributed by atoms with Crippen LogP contribution in [0, 0.1) is 5.92 Å². The second-order valence-corrected chi connectivity index (χ2v) is 14.5. The molecule has 3 atom stereocenters. The smallest absolute Gasteiger partial charge is 0.329 e. The number of amides is 2. The van der Waals surface area contributed by atoms with Gasteiger partial charge in [0, 0.05) is 30.0 Å². The number of nitrogens with zero attached hydrogens (tertiary/aromatic N) is 1. The Bertz CT molecular complexity index is 2290. The van der Waals surface area contributed by atoms with E-state index in [1.54, 1.807) is 12.1 Å². The number of carbonyl (C=O) groups is 4. The third-order valence-electron chi connectivity index (χ3n) is 10.1. The first kappa shape index (κ1) is 44.4. The molecule has 5 rings (SSSR count). The van der Waals surface area contributed by atoms with Crippen LogP contribution in [0.3, 0.4) is 0 Å². The first-order chi connectivity index (χ1) is 29.1. The van der Waals surface area contributed by atoms with E-state index in [1.807, 2.05) is 91.0 Å². The summed E-state index contributed by atoms with van der Waals surface area (Å²) in [4.78, 5) is 58.7. The van der Waals surface area contributed by atoms with E-state index < -0.39 is 42.4 Å². The third kappa shape index (κ3) is 12.4. The molecule has 0 fully saturated rings. The largest absolute Gasteiger partial charge is 0.507 e. The Balaban J connectivity index is 1.33. The van der Waals surface area contributed by atoms with E-state index in [-0.39, 0.29) is 56.3 Å². The van der Waals surface area contributed by atoms with Crippen molar-refractivity contribution < 1.29 is 33.8 Å². The Kier molecular flexibility index (Phi) is 16.6. The Labute approximate surface area is 350 Å². The number of ketones is 1. The number of aromatic hydroxyl groups is 1. The van der Waals surface area contributed by atoms with Crippen LogP contribution in [0.25, 0.3) is 32.7 Å². The summed E-state index contributed by atoms with van der Waals surface area (Å²) in [5.74, 6) is -2.67. The number of phenolic OH excluding ortho intramolecular Hbond substituents is 1. The van der Waals surface area contributed by atoms with Crippen molar-refractivity contribution in [1.29, 1.82) is 0 Å². The molecule has 13 nitrogen and oxygen atoms in total. The lowest BCUT2D eigenvalue weighted by molar-refractivity contribution is -0.149. The zero-order valence-electron chi connectivity index (χ0n) is 33.7. The monoisotopic (exact) mass is 814 g/mol. The summed E-state index contributed by atoms with van der Waals surface area (Å²) in [5, 5.41) is 20.3. The van der Waals surface area contributed by atoms with Gasteiger partial charge in [-0.2, -0.15) is 0 Å². The van der Waals surface area contributed by atoms with Crippen LogP contribution in [0.4, 0.5) is 0 Å². The van der Waals surface area contributed by atoms with Crippen LogP contribution in [-0.2, 0) is 30.5 Å². The van der Waals surface area contributed by atoms with E-state index >= 15 is 0 Å². The summed E-state index contributed by atoms with van der Waals surface area (Å²) >= 11 is 0. The molecule has 60 heavy (non-hydrogen) atoms. The number of esters is 1. The van der Waals surface area contributed by atoms with Gasteiger partial charge in [-0.1, -0.05) is 97.1 Å². The molecule has 13 heteroatoms. The number of nitrogens with two attached hydrogens (primary N) is 3. The summed E-state index contributed by atoms with van der Waals surface area (Å²) in [6.45, 7) is 3.92. The van der Waals surface area contributed by atoms with Crippen LogP contribution in [0.5, 0.6) is 11.5 Å². The lowest BCUT2D eigenvalue weighted by Gasteiger charge is -2.23. The fraction of sp³-hybridized carbons (Fsp3) is 0.298. The molecule has 5 aromatic carbocycles. The topological polar surface area (TPSA) is 221 Å². The highest BCUT2D eigenvalue weighted by molar-refractivity contribution is 6.09. The molecule has 0 radical (unpaired) electrons. The third-order valence-corrected chi connectivity index (χ3v) is 10.1. The van der Waals surface area contributed by atoms with Crippen molar-refractivity contribution in [3.63, 3.8) is 0 Å². The maximum atomic E-state index is 14.1. The van der Waals surface area contributed by atoms with E-state index in [4.69, 9.17) is 26.7 Å². The van der Waals surface area contributed by atoms with Gasteiger partial charge in [-0.05, 0) is 84.3 Å². The number of aliphatic imine (C=N–C) groups is 1. The minimum absolute atomic E-state index is 0.0192. The predicted molar refractivity (Wildman–Crippen MR) is 235 cm³/mol. The second-order valence-electron chi connectivity index (χ2n) is 14.5. The molecule has 0 aliphatic heterocycles. The molecule has 9 N–H and O–H groups in total. The highest BCUT2D eigenvalue weighted by Gasteiger charge is 2.30. The number of phenols is 1. The summed E-state index contributed by atoms with van der Waals surface area (Å²) in [7, 11) is 0. The van der Waals surface area contributed by atoms with E-state index in [0.29, 0.717) is 42.7 Å². The molecule has 0 aliphatic carbocycles. The van der Waals surface area contributed by atoms with Gasteiger partial charge in [-0.15, -0.1) is 6.58 Å². The number of fused-ring (bicyclic) bond motifs is 2. The number of carbonyl (C=O) groups excluding carboxylic acids is 4. The minimum atomic E-state index is -1.04. The van der Waals surface area contributed by atoms with Crippen molar-refractivity contribution >= 4 is 51.1 Å². The van der Waals surface area contributed by atoms with Gasteiger partial charge < -0.3 is 42.4 Å². The lowest BCUT2D eigenvalue weighted by atomic mass is 9.91. The molecule has 2 amide bonds. The maximum absolute atomic E-state index is 14.1. The quantitative estimate of drug-likeness (QED) is 0.0153. The van der Waals surface area contributed by atoms with Gasteiger partial charge in [0.25, 0.3) is 5.91 Å². The zero-order valence-corrected chi connectivity index (χ0v) is 33.7.